The van der Waals surface area contributed by atoms with Gasteiger partial charge in [0, 0.05) is 49.9 Å². The molecule has 0 atom stereocenters. The van der Waals surface area contributed by atoms with Crippen LogP contribution in [0.4, 0.5) is 0 Å². The van der Waals surface area contributed by atoms with Crippen molar-refractivity contribution in [1.29, 1.82) is 0 Å². The van der Waals surface area contributed by atoms with E-state index in [0.717, 1.165) is 56.7 Å². The van der Waals surface area contributed by atoms with E-state index in [1.807, 2.05) is 18.3 Å². The molecule has 1 aliphatic carbocycles. The smallest absolute Gasteiger partial charge is 0.225 e. The normalized spacial score (nSPS) is 28.0. The van der Waals surface area contributed by atoms with Crippen LogP contribution in [0.1, 0.15) is 63.9 Å². The molecule has 0 unspecified atom stereocenters. The fraction of sp³-hybridized carbons (Fsp3) is 0.682. The van der Waals surface area contributed by atoms with E-state index in [1.54, 1.807) is 6.20 Å². The predicted molar refractivity (Wildman–Crippen MR) is 104 cm³/mol. The highest BCUT2D eigenvalue weighted by molar-refractivity contribution is 5.81. The number of pyridine rings is 1. The van der Waals surface area contributed by atoms with Crippen molar-refractivity contribution in [1.82, 2.24) is 14.8 Å². The number of piperidine rings is 1. The monoisotopic (exact) mass is 369 g/mol. The number of likely N-dealkylation sites (tertiary alicyclic amines) is 2. The minimum absolute atomic E-state index is 0.0647. The third-order valence-electron chi connectivity index (χ3n) is 7.11. The highest BCUT2D eigenvalue weighted by Crippen LogP contribution is 2.41. The summed E-state index contributed by atoms with van der Waals surface area (Å²) in [6.45, 7) is 4.52. The molecule has 2 saturated heterocycles. The zero-order valence-electron chi connectivity index (χ0n) is 16.4. The van der Waals surface area contributed by atoms with Crippen LogP contribution in [0.2, 0.25) is 0 Å². The summed E-state index contributed by atoms with van der Waals surface area (Å²) in [5.41, 5.74) is 1.02. The van der Waals surface area contributed by atoms with Crippen LogP contribution < -0.4 is 0 Å². The van der Waals surface area contributed by atoms with Crippen molar-refractivity contribution in [3.63, 3.8) is 0 Å². The summed E-state index contributed by atoms with van der Waals surface area (Å²) in [6.07, 6.45) is 11.5. The van der Waals surface area contributed by atoms with Gasteiger partial charge < -0.3 is 9.80 Å². The molecule has 1 saturated carbocycles. The van der Waals surface area contributed by atoms with Crippen molar-refractivity contribution in [2.24, 2.45) is 11.8 Å². The molecule has 3 aliphatic rings. The van der Waals surface area contributed by atoms with Crippen LogP contribution in [0.5, 0.6) is 0 Å². The molecule has 2 aliphatic heterocycles. The Hall–Kier alpha value is -1.91. The number of carbonyl (C=O) groups is 2. The van der Waals surface area contributed by atoms with Gasteiger partial charge in [-0.15, -0.1) is 0 Å². The molecule has 1 spiro atoms. The van der Waals surface area contributed by atoms with Gasteiger partial charge in [-0.25, -0.2) is 0 Å². The lowest BCUT2D eigenvalue weighted by Gasteiger charge is -2.46. The second kappa shape index (κ2) is 7.61. The SMILES string of the molecule is CC1CCC(C(=O)N2CCC3(CCC(=O)N3Cc3cccnc3)CC2)CC1. The van der Waals surface area contributed by atoms with Crippen molar-refractivity contribution in [3.05, 3.63) is 30.1 Å². The van der Waals surface area contributed by atoms with Crippen molar-refractivity contribution in [2.45, 2.75) is 70.4 Å². The number of carbonyl (C=O) groups excluding carboxylic acids is 2. The molecule has 0 radical (unpaired) electrons. The van der Waals surface area contributed by atoms with Gasteiger partial charge in [0.15, 0.2) is 0 Å². The second-order valence-electron chi connectivity index (χ2n) is 8.85. The summed E-state index contributed by atoms with van der Waals surface area (Å²) in [7, 11) is 0. The molecular weight excluding hydrogens is 338 g/mol. The van der Waals surface area contributed by atoms with Crippen molar-refractivity contribution in [2.75, 3.05) is 13.1 Å². The van der Waals surface area contributed by atoms with Crippen LogP contribution in [0, 0.1) is 11.8 Å². The number of hydrogen-bond donors (Lipinski definition) is 0. The number of aromatic nitrogens is 1. The highest BCUT2D eigenvalue weighted by Gasteiger charge is 2.47. The van der Waals surface area contributed by atoms with E-state index < -0.39 is 0 Å². The van der Waals surface area contributed by atoms with E-state index in [2.05, 4.69) is 21.7 Å². The van der Waals surface area contributed by atoms with E-state index in [1.165, 1.54) is 12.8 Å². The Labute approximate surface area is 162 Å². The zero-order chi connectivity index (χ0) is 18.9. The topological polar surface area (TPSA) is 53.5 Å². The first-order valence-corrected chi connectivity index (χ1v) is 10.6. The standard InChI is InChI=1S/C22H31N3O2/c1-17-4-6-19(7-5-17)21(27)24-13-10-22(11-14-24)9-8-20(26)25(22)16-18-3-2-12-23-15-18/h2-3,12,15,17,19H,4-11,13-14,16H2,1H3. The molecule has 3 heterocycles. The van der Waals surface area contributed by atoms with Crippen molar-refractivity contribution < 1.29 is 9.59 Å². The molecule has 0 N–H and O–H groups in total. The van der Waals surface area contributed by atoms with E-state index in [9.17, 15) is 9.59 Å². The first-order chi connectivity index (χ1) is 13.1. The molecule has 1 aromatic rings. The molecule has 2 amide bonds. The number of hydrogen-bond acceptors (Lipinski definition) is 3. The minimum Gasteiger partial charge on any atom is -0.342 e. The minimum atomic E-state index is -0.0647. The van der Waals surface area contributed by atoms with E-state index in [4.69, 9.17) is 0 Å². The summed E-state index contributed by atoms with van der Waals surface area (Å²) in [5, 5.41) is 0. The van der Waals surface area contributed by atoms with Gasteiger partial charge >= 0.3 is 0 Å². The predicted octanol–water partition coefficient (Wildman–Crippen LogP) is 3.39. The van der Waals surface area contributed by atoms with Crippen LogP contribution in [-0.2, 0) is 16.1 Å². The van der Waals surface area contributed by atoms with Gasteiger partial charge in [0.05, 0.1) is 0 Å². The van der Waals surface area contributed by atoms with Gasteiger partial charge in [-0.05, 0) is 62.5 Å². The maximum absolute atomic E-state index is 12.9. The fourth-order valence-electron chi connectivity index (χ4n) is 5.23. The van der Waals surface area contributed by atoms with Crippen LogP contribution in [0.25, 0.3) is 0 Å². The summed E-state index contributed by atoms with van der Waals surface area (Å²) in [4.78, 5) is 33.9. The molecule has 5 heteroatoms. The Kier molecular flexibility index (Phi) is 5.20. The van der Waals surface area contributed by atoms with E-state index in [0.29, 0.717) is 18.9 Å². The molecule has 27 heavy (non-hydrogen) atoms. The van der Waals surface area contributed by atoms with Gasteiger partial charge in [0.2, 0.25) is 11.8 Å². The number of nitrogens with zero attached hydrogens (tertiary/aromatic N) is 3. The van der Waals surface area contributed by atoms with Crippen LogP contribution in [-0.4, -0.2) is 45.2 Å². The summed E-state index contributed by atoms with van der Waals surface area (Å²) in [6, 6.07) is 3.96. The average molecular weight is 370 g/mol. The summed E-state index contributed by atoms with van der Waals surface area (Å²) < 4.78 is 0. The maximum Gasteiger partial charge on any atom is 0.225 e. The van der Waals surface area contributed by atoms with Gasteiger partial charge in [-0.1, -0.05) is 13.0 Å². The Balaban J connectivity index is 1.39. The first kappa shape index (κ1) is 18.5. The molecule has 0 aromatic carbocycles. The van der Waals surface area contributed by atoms with Crippen LogP contribution >= 0.6 is 0 Å². The van der Waals surface area contributed by atoms with Gasteiger partial charge in [0.1, 0.15) is 0 Å². The lowest BCUT2D eigenvalue weighted by Crippen LogP contribution is -2.54. The summed E-state index contributed by atoms with van der Waals surface area (Å²) in [5.74, 6) is 1.61. The third-order valence-corrected chi connectivity index (χ3v) is 7.11. The molecule has 0 bridgehead atoms. The molecule has 3 fully saturated rings. The molecule has 5 nitrogen and oxygen atoms in total. The zero-order valence-corrected chi connectivity index (χ0v) is 16.4. The van der Waals surface area contributed by atoms with Gasteiger partial charge in [-0.3, -0.25) is 14.6 Å². The Morgan fingerprint density at radius 3 is 2.59 bits per heavy atom. The number of rotatable bonds is 3. The average Bonchev–Trinajstić information content (AvgIpc) is 2.99. The maximum atomic E-state index is 12.9. The Morgan fingerprint density at radius 1 is 1.19 bits per heavy atom. The first-order valence-electron chi connectivity index (χ1n) is 10.6. The molecule has 4 rings (SSSR count). The largest absolute Gasteiger partial charge is 0.342 e. The summed E-state index contributed by atoms with van der Waals surface area (Å²) >= 11 is 0. The number of amides is 2. The van der Waals surface area contributed by atoms with Gasteiger partial charge in [0.25, 0.3) is 0 Å². The van der Waals surface area contributed by atoms with E-state index in [-0.39, 0.29) is 17.4 Å². The Bertz CT molecular complexity index is 674. The lowest BCUT2D eigenvalue weighted by atomic mass is 9.80. The highest BCUT2D eigenvalue weighted by atomic mass is 16.2. The quantitative estimate of drug-likeness (QED) is 0.821. The Morgan fingerprint density at radius 2 is 1.93 bits per heavy atom. The lowest BCUT2D eigenvalue weighted by molar-refractivity contribution is -0.141. The van der Waals surface area contributed by atoms with Crippen molar-refractivity contribution in [3.8, 4) is 0 Å². The second-order valence-corrected chi connectivity index (χ2v) is 8.85. The molecular formula is C22H31N3O2. The van der Waals surface area contributed by atoms with Crippen LogP contribution in [0.15, 0.2) is 24.5 Å². The van der Waals surface area contributed by atoms with Crippen LogP contribution in [0.3, 0.4) is 0 Å². The molecule has 146 valence electrons. The molecule has 1 aromatic heterocycles. The fourth-order valence-corrected chi connectivity index (χ4v) is 5.23. The van der Waals surface area contributed by atoms with Gasteiger partial charge in [-0.2, -0.15) is 0 Å². The van der Waals surface area contributed by atoms with Crippen molar-refractivity contribution >= 4 is 11.8 Å². The third kappa shape index (κ3) is 3.74. The van der Waals surface area contributed by atoms with E-state index >= 15 is 0 Å².